The van der Waals surface area contributed by atoms with E-state index < -0.39 is 0 Å². The van der Waals surface area contributed by atoms with E-state index in [1.165, 1.54) is 0 Å². The fourth-order valence-electron chi connectivity index (χ4n) is 1.74. The topological polar surface area (TPSA) is 74.1 Å². The third-order valence-corrected chi connectivity index (χ3v) is 2.70. The van der Waals surface area contributed by atoms with E-state index in [2.05, 4.69) is 27.3 Å². The van der Waals surface area contributed by atoms with Crippen molar-refractivity contribution < 1.29 is 9.47 Å². The van der Waals surface area contributed by atoms with Crippen LogP contribution in [0.15, 0.2) is 18.5 Å². The zero-order valence-electron chi connectivity index (χ0n) is 12.7. The van der Waals surface area contributed by atoms with Crippen LogP contribution < -0.4 is 10.1 Å². The van der Waals surface area contributed by atoms with Crippen LogP contribution in [0, 0.1) is 6.92 Å². The SMILES string of the molecule is CCCOc1cc(C)nc(Nc2cnn(CCOC)c2)n1. The molecule has 0 aromatic carbocycles. The van der Waals surface area contributed by atoms with Crippen molar-refractivity contribution in [1.82, 2.24) is 19.7 Å². The smallest absolute Gasteiger partial charge is 0.230 e. The molecule has 7 heteroatoms. The van der Waals surface area contributed by atoms with Gasteiger partial charge in [0.05, 0.1) is 31.6 Å². The molecule has 2 heterocycles. The van der Waals surface area contributed by atoms with Gasteiger partial charge < -0.3 is 14.8 Å². The first-order valence-electron chi connectivity index (χ1n) is 6.98. The lowest BCUT2D eigenvalue weighted by Crippen LogP contribution is -2.04. The predicted molar refractivity (Wildman–Crippen MR) is 79.9 cm³/mol. The van der Waals surface area contributed by atoms with Crippen molar-refractivity contribution in [2.24, 2.45) is 0 Å². The minimum atomic E-state index is 0.507. The monoisotopic (exact) mass is 291 g/mol. The van der Waals surface area contributed by atoms with Gasteiger partial charge in [-0.1, -0.05) is 6.92 Å². The molecular weight excluding hydrogens is 270 g/mol. The van der Waals surface area contributed by atoms with Crippen LogP contribution >= 0.6 is 0 Å². The molecule has 0 aliphatic heterocycles. The molecule has 114 valence electrons. The van der Waals surface area contributed by atoms with Gasteiger partial charge in [0.2, 0.25) is 11.8 Å². The molecule has 0 atom stereocenters. The summed E-state index contributed by atoms with van der Waals surface area (Å²) in [6.07, 6.45) is 4.56. The number of methoxy groups -OCH3 is 1. The van der Waals surface area contributed by atoms with Crippen LogP contribution in [0.2, 0.25) is 0 Å². The summed E-state index contributed by atoms with van der Waals surface area (Å²) in [6.45, 7) is 5.94. The van der Waals surface area contributed by atoms with Gasteiger partial charge in [0.15, 0.2) is 0 Å². The number of rotatable bonds is 8. The molecule has 7 nitrogen and oxygen atoms in total. The summed E-state index contributed by atoms with van der Waals surface area (Å²) >= 11 is 0. The van der Waals surface area contributed by atoms with E-state index >= 15 is 0 Å². The summed E-state index contributed by atoms with van der Waals surface area (Å²) in [7, 11) is 1.67. The van der Waals surface area contributed by atoms with E-state index in [4.69, 9.17) is 9.47 Å². The summed E-state index contributed by atoms with van der Waals surface area (Å²) in [6, 6.07) is 1.82. The number of nitrogens with zero attached hydrogens (tertiary/aromatic N) is 4. The van der Waals surface area contributed by atoms with Crippen LogP contribution in [0.25, 0.3) is 0 Å². The van der Waals surface area contributed by atoms with Crippen LogP contribution in [-0.4, -0.2) is 40.1 Å². The van der Waals surface area contributed by atoms with Gasteiger partial charge in [-0.05, 0) is 13.3 Å². The first-order chi connectivity index (χ1) is 10.2. The largest absolute Gasteiger partial charge is 0.478 e. The molecule has 0 fully saturated rings. The Morgan fingerprint density at radius 3 is 2.90 bits per heavy atom. The second-order valence-corrected chi connectivity index (χ2v) is 4.63. The predicted octanol–water partition coefficient (Wildman–Crippen LogP) is 2.16. The van der Waals surface area contributed by atoms with Crippen molar-refractivity contribution in [3.63, 3.8) is 0 Å². The van der Waals surface area contributed by atoms with E-state index in [0.29, 0.717) is 31.6 Å². The Labute approximate surface area is 124 Å². The third-order valence-electron chi connectivity index (χ3n) is 2.70. The molecule has 0 saturated carbocycles. The number of hydrogen-bond acceptors (Lipinski definition) is 6. The van der Waals surface area contributed by atoms with Gasteiger partial charge in [-0.25, -0.2) is 4.98 Å². The molecule has 0 saturated heterocycles. The van der Waals surface area contributed by atoms with E-state index in [1.807, 2.05) is 19.2 Å². The summed E-state index contributed by atoms with van der Waals surface area (Å²) < 4.78 is 12.4. The molecule has 0 unspecified atom stereocenters. The highest BCUT2D eigenvalue weighted by Gasteiger charge is 2.05. The number of ether oxygens (including phenoxy) is 2. The molecule has 0 bridgehead atoms. The second-order valence-electron chi connectivity index (χ2n) is 4.63. The highest BCUT2D eigenvalue weighted by atomic mass is 16.5. The van der Waals surface area contributed by atoms with Gasteiger partial charge in [0, 0.05) is 25.1 Å². The van der Waals surface area contributed by atoms with Crippen molar-refractivity contribution in [3.05, 3.63) is 24.2 Å². The van der Waals surface area contributed by atoms with Crippen molar-refractivity contribution in [3.8, 4) is 5.88 Å². The maximum atomic E-state index is 5.54. The van der Waals surface area contributed by atoms with Crippen LogP contribution in [0.5, 0.6) is 5.88 Å². The Kier molecular flexibility index (Phi) is 5.51. The Morgan fingerprint density at radius 2 is 2.14 bits per heavy atom. The van der Waals surface area contributed by atoms with Gasteiger partial charge in [-0.3, -0.25) is 4.68 Å². The highest BCUT2D eigenvalue weighted by Crippen LogP contribution is 2.16. The Hall–Kier alpha value is -2.15. The fraction of sp³-hybridized carbons (Fsp3) is 0.500. The average molecular weight is 291 g/mol. The van der Waals surface area contributed by atoms with Crippen LogP contribution in [0.1, 0.15) is 19.0 Å². The summed E-state index contributed by atoms with van der Waals surface area (Å²) in [4.78, 5) is 8.68. The normalized spacial score (nSPS) is 10.6. The molecule has 2 rings (SSSR count). The lowest BCUT2D eigenvalue weighted by molar-refractivity contribution is 0.183. The zero-order valence-corrected chi connectivity index (χ0v) is 12.7. The Morgan fingerprint density at radius 1 is 1.29 bits per heavy atom. The molecule has 2 aromatic heterocycles. The van der Waals surface area contributed by atoms with Gasteiger partial charge in [-0.15, -0.1) is 0 Å². The van der Waals surface area contributed by atoms with E-state index in [0.717, 1.165) is 17.8 Å². The Bertz CT molecular complexity index is 570. The maximum Gasteiger partial charge on any atom is 0.230 e. The number of aryl methyl sites for hydroxylation is 1. The number of anilines is 2. The average Bonchev–Trinajstić information content (AvgIpc) is 2.90. The quantitative estimate of drug-likeness (QED) is 0.803. The van der Waals surface area contributed by atoms with Crippen LogP contribution in [-0.2, 0) is 11.3 Å². The maximum absolute atomic E-state index is 5.54. The highest BCUT2D eigenvalue weighted by molar-refractivity contribution is 5.51. The number of nitrogens with one attached hydrogen (secondary N) is 1. The van der Waals surface area contributed by atoms with Crippen LogP contribution in [0.4, 0.5) is 11.6 Å². The molecule has 0 spiro atoms. The molecule has 0 radical (unpaired) electrons. The number of hydrogen-bond donors (Lipinski definition) is 1. The first-order valence-corrected chi connectivity index (χ1v) is 6.98. The molecule has 21 heavy (non-hydrogen) atoms. The first kappa shape index (κ1) is 15.2. The molecule has 1 N–H and O–H groups in total. The summed E-state index contributed by atoms with van der Waals surface area (Å²) in [5.41, 5.74) is 1.68. The third kappa shape index (κ3) is 4.71. The zero-order chi connectivity index (χ0) is 15.1. The van der Waals surface area contributed by atoms with Gasteiger partial charge >= 0.3 is 0 Å². The lowest BCUT2D eigenvalue weighted by atomic mass is 10.4. The van der Waals surface area contributed by atoms with Crippen molar-refractivity contribution in [2.75, 3.05) is 25.6 Å². The van der Waals surface area contributed by atoms with E-state index in [1.54, 1.807) is 18.0 Å². The minimum Gasteiger partial charge on any atom is -0.478 e. The summed E-state index contributed by atoms with van der Waals surface area (Å²) in [5, 5.41) is 7.36. The molecule has 0 aliphatic rings. The van der Waals surface area contributed by atoms with Crippen molar-refractivity contribution in [1.29, 1.82) is 0 Å². The molecule has 0 aliphatic carbocycles. The standard InChI is InChI=1S/C14H21N5O2/c1-4-6-21-13-8-11(2)16-14(18-13)17-12-9-15-19(10-12)5-7-20-3/h8-10H,4-7H2,1-3H3,(H,16,17,18). The number of aromatic nitrogens is 4. The summed E-state index contributed by atoms with van der Waals surface area (Å²) in [5.74, 6) is 1.09. The molecule has 0 amide bonds. The Balaban J connectivity index is 2.04. The van der Waals surface area contributed by atoms with Gasteiger partial charge in [0.25, 0.3) is 0 Å². The van der Waals surface area contributed by atoms with E-state index in [-0.39, 0.29) is 0 Å². The van der Waals surface area contributed by atoms with Crippen LogP contribution in [0.3, 0.4) is 0 Å². The van der Waals surface area contributed by atoms with Crippen molar-refractivity contribution in [2.45, 2.75) is 26.8 Å². The second kappa shape index (κ2) is 7.58. The van der Waals surface area contributed by atoms with Gasteiger partial charge in [-0.2, -0.15) is 10.1 Å². The molecular formula is C14H21N5O2. The lowest BCUT2D eigenvalue weighted by Gasteiger charge is -2.07. The minimum absolute atomic E-state index is 0.507. The molecule has 2 aromatic rings. The van der Waals surface area contributed by atoms with E-state index in [9.17, 15) is 0 Å². The fourth-order valence-corrected chi connectivity index (χ4v) is 1.74. The van der Waals surface area contributed by atoms with Crippen molar-refractivity contribution >= 4 is 11.6 Å². The van der Waals surface area contributed by atoms with Gasteiger partial charge in [0.1, 0.15) is 0 Å².